The number of hydrogen-bond acceptors (Lipinski definition) is 7. The van der Waals surface area contributed by atoms with Gasteiger partial charge in [-0.05, 0) is 29.6 Å². The van der Waals surface area contributed by atoms with Crippen LogP contribution < -0.4 is 10.6 Å². The van der Waals surface area contributed by atoms with E-state index in [9.17, 15) is 4.79 Å². The Hall–Kier alpha value is -2.84. The quantitative estimate of drug-likeness (QED) is 0.576. The topological polar surface area (TPSA) is 79.8 Å². The number of amides is 1. The van der Waals surface area contributed by atoms with Gasteiger partial charge < -0.3 is 10.6 Å². The van der Waals surface area contributed by atoms with Gasteiger partial charge in [-0.15, -0.1) is 22.7 Å². The molecule has 0 aliphatic carbocycles. The molecule has 6 nitrogen and oxygen atoms in total. The average molecular weight is 353 g/mol. The molecule has 0 spiro atoms. The second-order valence-corrected chi connectivity index (χ2v) is 6.69. The summed E-state index contributed by atoms with van der Waals surface area (Å²) < 4.78 is 0. The molecule has 3 aromatic heterocycles. The average Bonchev–Trinajstić information content (AvgIpc) is 3.29. The Kier molecular flexibility index (Phi) is 3.89. The molecule has 0 saturated carbocycles. The molecular formula is C16H11N5OS2. The molecule has 0 saturated heterocycles. The third kappa shape index (κ3) is 2.97. The number of hydrogen-bond donors (Lipinski definition) is 2. The molecule has 1 amide bonds. The highest BCUT2D eigenvalue weighted by Gasteiger charge is 2.10. The van der Waals surface area contributed by atoms with Gasteiger partial charge in [0.2, 0.25) is 0 Å². The van der Waals surface area contributed by atoms with Gasteiger partial charge in [0.15, 0.2) is 5.13 Å². The predicted molar refractivity (Wildman–Crippen MR) is 97.2 cm³/mol. The van der Waals surface area contributed by atoms with Crippen molar-refractivity contribution in [3.63, 3.8) is 0 Å². The summed E-state index contributed by atoms with van der Waals surface area (Å²) in [6.45, 7) is 0. The van der Waals surface area contributed by atoms with Crippen molar-refractivity contribution in [2.45, 2.75) is 0 Å². The van der Waals surface area contributed by atoms with E-state index in [1.165, 1.54) is 29.0 Å². The van der Waals surface area contributed by atoms with Crippen LogP contribution in [0.2, 0.25) is 0 Å². The van der Waals surface area contributed by atoms with E-state index >= 15 is 0 Å². The minimum atomic E-state index is -0.129. The molecule has 2 N–H and O–H groups in total. The van der Waals surface area contributed by atoms with Crippen LogP contribution in [0.5, 0.6) is 0 Å². The lowest BCUT2D eigenvalue weighted by Crippen LogP contribution is -2.10. The first kappa shape index (κ1) is 14.7. The van der Waals surface area contributed by atoms with Crippen LogP contribution >= 0.6 is 22.7 Å². The number of nitrogens with zero attached hydrogens (tertiary/aromatic N) is 3. The number of rotatable bonds is 4. The maximum absolute atomic E-state index is 12.2. The molecule has 0 atom stereocenters. The van der Waals surface area contributed by atoms with Gasteiger partial charge in [-0.25, -0.2) is 15.0 Å². The van der Waals surface area contributed by atoms with Crippen molar-refractivity contribution >= 4 is 56.1 Å². The Labute approximate surface area is 145 Å². The molecule has 3 heterocycles. The highest BCUT2D eigenvalue weighted by Crippen LogP contribution is 2.26. The van der Waals surface area contributed by atoms with Crippen LogP contribution in [0.15, 0.2) is 53.6 Å². The first-order valence-corrected chi connectivity index (χ1v) is 8.82. The van der Waals surface area contributed by atoms with Crippen molar-refractivity contribution in [3.8, 4) is 0 Å². The zero-order valence-electron chi connectivity index (χ0n) is 12.3. The van der Waals surface area contributed by atoms with Crippen LogP contribution in [0.4, 0.5) is 16.6 Å². The smallest absolute Gasteiger partial charge is 0.265 e. The Morgan fingerprint density at radius 2 is 2.00 bits per heavy atom. The number of anilines is 3. The molecule has 4 rings (SSSR count). The van der Waals surface area contributed by atoms with E-state index in [4.69, 9.17) is 0 Å². The molecule has 0 bridgehead atoms. The Bertz CT molecular complexity index is 983. The molecule has 0 aliphatic heterocycles. The Morgan fingerprint density at radius 1 is 1.04 bits per heavy atom. The lowest BCUT2D eigenvalue weighted by Gasteiger charge is -2.08. The van der Waals surface area contributed by atoms with Gasteiger partial charge >= 0.3 is 0 Å². The van der Waals surface area contributed by atoms with Crippen molar-refractivity contribution < 1.29 is 4.79 Å². The summed E-state index contributed by atoms with van der Waals surface area (Å²) in [5.74, 6) is 0.526. The fourth-order valence-corrected chi connectivity index (χ4v) is 3.37. The molecule has 0 fully saturated rings. The number of nitrogens with one attached hydrogen (secondary N) is 2. The number of fused-ring (bicyclic) bond motifs is 1. The second-order valence-electron chi connectivity index (χ2n) is 4.85. The van der Waals surface area contributed by atoms with Crippen LogP contribution in [0.25, 0.3) is 10.9 Å². The van der Waals surface area contributed by atoms with E-state index in [0.29, 0.717) is 16.4 Å². The Morgan fingerprint density at radius 3 is 2.79 bits per heavy atom. The largest absolute Gasteiger partial charge is 0.321 e. The number of benzene rings is 1. The minimum absolute atomic E-state index is 0.129. The van der Waals surface area contributed by atoms with Gasteiger partial charge in [0.1, 0.15) is 12.1 Å². The molecule has 4 aromatic rings. The summed E-state index contributed by atoms with van der Waals surface area (Å²) in [6.07, 6.45) is 3.23. The molecule has 8 heteroatoms. The summed E-state index contributed by atoms with van der Waals surface area (Å²) in [5.41, 5.74) is 1.48. The van der Waals surface area contributed by atoms with E-state index in [0.717, 1.165) is 16.0 Å². The highest BCUT2D eigenvalue weighted by atomic mass is 32.1. The molecule has 0 aliphatic rings. The highest BCUT2D eigenvalue weighted by molar-refractivity contribution is 7.13. The Balaban J connectivity index is 1.67. The van der Waals surface area contributed by atoms with Crippen LogP contribution in [-0.4, -0.2) is 20.9 Å². The van der Waals surface area contributed by atoms with Crippen molar-refractivity contribution in [3.05, 3.63) is 58.5 Å². The van der Waals surface area contributed by atoms with E-state index in [1.54, 1.807) is 12.3 Å². The first-order valence-electron chi connectivity index (χ1n) is 7.06. The van der Waals surface area contributed by atoms with Crippen LogP contribution in [0.3, 0.4) is 0 Å². The minimum Gasteiger partial charge on any atom is -0.321 e. The molecule has 0 radical (unpaired) electrons. The van der Waals surface area contributed by atoms with Crippen molar-refractivity contribution in [1.29, 1.82) is 0 Å². The molecular weight excluding hydrogens is 342 g/mol. The molecule has 118 valence electrons. The monoisotopic (exact) mass is 353 g/mol. The van der Waals surface area contributed by atoms with Crippen LogP contribution in [-0.2, 0) is 0 Å². The molecule has 1 aromatic carbocycles. The third-order valence-electron chi connectivity index (χ3n) is 3.30. The maximum Gasteiger partial charge on any atom is 0.265 e. The van der Waals surface area contributed by atoms with E-state index in [-0.39, 0.29) is 5.91 Å². The number of carbonyl (C=O) groups is 1. The van der Waals surface area contributed by atoms with Gasteiger partial charge in [0, 0.05) is 22.7 Å². The maximum atomic E-state index is 12.2. The number of aromatic nitrogens is 3. The zero-order valence-corrected chi connectivity index (χ0v) is 13.9. The normalized spacial score (nSPS) is 10.7. The predicted octanol–water partition coefficient (Wildman–Crippen LogP) is 4.14. The van der Waals surface area contributed by atoms with Crippen LogP contribution in [0.1, 0.15) is 9.67 Å². The summed E-state index contributed by atoms with van der Waals surface area (Å²) in [4.78, 5) is 25.6. The van der Waals surface area contributed by atoms with E-state index < -0.39 is 0 Å². The van der Waals surface area contributed by atoms with Gasteiger partial charge in [-0.3, -0.25) is 4.79 Å². The van der Waals surface area contributed by atoms with E-state index in [2.05, 4.69) is 25.6 Å². The first-order chi connectivity index (χ1) is 11.8. The molecule has 24 heavy (non-hydrogen) atoms. The fourth-order valence-electron chi connectivity index (χ4n) is 2.22. The molecule has 0 unspecified atom stereocenters. The third-order valence-corrected chi connectivity index (χ3v) is 4.85. The number of carbonyl (C=O) groups excluding carboxylic acids is 1. The van der Waals surface area contributed by atoms with Gasteiger partial charge in [-0.1, -0.05) is 6.07 Å². The summed E-state index contributed by atoms with van der Waals surface area (Å²) in [5, 5.41) is 11.4. The lowest BCUT2D eigenvalue weighted by molar-refractivity contribution is 0.103. The summed E-state index contributed by atoms with van der Waals surface area (Å²) in [6, 6.07) is 9.18. The van der Waals surface area contributed by atoms with Crippen molar-refractivity contribution in [1.82, 2.24) is 15.0 Å². The summed E-state index contributed by atoms with van der Waals surface area (Å²) >= 11 is 2.89. The SMILES string of the molecule is O=C(Nc1ccc2ncnc(Nc3nccs3)c2c1)c1cccs1. The van der Waals surface area contributed by atoms with Gasteiger partial charge in [0.25, 0.3) is 5.91 Å². The van der Waals surface area contributed by atoms with E-state index in [1.807, 2.05) is 35.0 Å². The lowest BCUT2D eigenvalue weighted by atomic mass is 10.2. The summed E-state index contributed by atoms with van der Waals surface area (Å²) in [7, 11) is 0. The standard InChI is InChI=1S/C16H11N5OS2/c22-15(13-2-1-6-23-13)20-10-3-4-12-11(8-10)14(19-9-18-12)21-16-17-5-7-24-16/h1-9H,(H,20,22)(H,17,18,19,21). The van der Waals surface area contributed by atoms with Crippen molar-refractivity contribution in [2.75, 3.05) is 10.6 Å². The van der Waals surface area contributed by atoms with Gasteiger partial charge in [-0.2, -0.15) is 0 Å². The number of thiophene rings is 1. The second kappa shape index (κ2) is 6.34. The van der Waals surface area contributed by atoms with Gasteiger partial charge in [0.05, 0.1) is 10.4 Å². The van der Waals surface area contributed by atoms with Crippen LogP contribution in [0, 0.1) is 0 Å². The zero-order chi connectivity index (χ0) is 16.4. The van der Waals surface area contributed by atoms with Crippen molar-refractivity contribution in [2.24, 2.45) is 0 Å². The fraction of sp³-hybridized carbons (Fsp3) is 0. The number of thiazole rings is 1.